The first-order valence-corrected chi connectivity index (χ1v) is 8.31. The third-order valence-electron chi connectivity index (χ3n) is 3.40. The van der Waals surface area contributed by atoms with Crippen LogP contribution in [0.25, 0.3) is 10.3 Å². The Balaban J connectivity index is 2.17. The molecule has 5 nitrogen and oxygen atoms in total. The molecule has 0 radical (unpaired) electrons. The van der Waals surface area contributed by atoms with Crippen LogP contribution in [0.1, 0.15) is 23.8 Å². The largest absolute Gasteiger partial charge is 0.481 e. The number of rotatable bonds is 4. The van der Waals surface area contributed by atoms with Gasteiger partial charge in [-0.05, 0) is 26.2 Å². The Hall–Kier alpha value is -1.34. The number of nitrogens with zero attached hydrogens (tertiary/aromatic N) is 2. The van der Waals surface area contributed by atoms with Crippen LogP contribution in [0, 0.1) is 0 Å². The summed E-state index contributed by atoms with van der Waals surface area (Å²) in [6.45, 7) is 2.67. The van der Waals surface area contributed by atoms with Crippen LogP contribution in [0.4, 0.5) is 0 Å². The zero-order valence-electron chi connectivity index (χ0n) is 11.0. The molecule has 0 fully saturated rings. The number of carboxylic acids is 1. The summed E-state index contributed by atoms with van der Waals surface area (Å²) in [6, 6.07) is 0. The Bertz CT molecular complexity index is 748. The fourth-order valence-corrected chi connectivity index (χ4v) is 4.71. The Labute approximate surface area is 123 Å². The highest BCUT2D eigenvalue weighted by Gasteiger charge is 2.22. The van der Waals surface area contributed by atoms with E-state index in [1.165, 1.54) is 16.6 Å². The molecule has 0 atom stereocenters. The van der Waals surface area contributed by atoms with E-state index >= 15 is 0 Å². The fraction of sp³-hybridized carbons (Fsp3) is 0.462. The van der Waals surface area contributed by atoms with Crippen LogP contribution in [0.3, 0.4) is 0 Å². The van der Waals surface area contributed by atoms with Crippen LogP contribution in [0.15, 0.2) is 9.95 Å². The van der Waals surface area contributed by atoms with Gasteiger partial charge in [0.15, 0.2) is 5.16 Å². The van der Waals surface area contributed by atoms with Crippen molar-refractivity contribution in [3.05, 3.63) is 20.7 Å². The molecule has 0 aliphatic heterocycles. The Morgan fingerprint density at radius 2 is 2.30 bits per heavy atom. The van der Waals surface area contributed by atoms with Crippen molar-refractivity contribution < 1.29 is 9.90 Å². The summed E-state index contributed by atoms with van der Waals surface area (Å²) >= 11 is 2.81. The summed E-state index contributed by atoms with van der Waals surface area (Å²) in [4.78, 5) is 29.6. The topological polar surface area (TPSA) is 72.2 Å². The number of thioether (sulfide) groups is 1. The average Bonchev–Trinajstić information content (AvgIpc) is 3.00. The predicted molar refractivity (Wildman–Crippen MR) is 79.9 cm³/mol. The number of aromatic nitrogens is 2. The van der Waals surface area contributed by atoms with Gasteiger partial charge in [-0.3, -0.25) is 9.59 Å². The minimum absolute atomic E-state index is 0.0376. The van der Waals surface area contributed by atoms with Gasteiger partial charge >= 0.3 is 5.97 Å². The molecule has 0 amide bonds. The second kappa shape index (κ2) is 5.21. The molecule has 7 heteroatoms. The first-order valence-electron chi connectivity index (χ1n) is 6.51. The van der Waals surface area contributed by atoms with Crippen molar-refractivity contribution in [2.45, 2.75) is 37.9 Å². The van der Waals surface area contributed by atoms with E-state index in [0.29, 0.717) is 17.2 Å². The Morgan fingerprint density at radius 3 is 3.00 bits per heavy atom. The van der Waals surface area contributed by atoms with E-state index in [0.717, 1.165) is 29.7 Å². The molecule has 2 aromatic rings. The molecule has 1 N–H and O–H groups in total. The Morgan fingerprint density at radius 1 is 1.50 bits per heavy atom. The molecular formula is C13H14N2O3S2. The highest BCUT2D eigenvalue weighted by atomic mass is 32.2. The van der Waals surface area contributed by atoms with Crippen molar-refractivity contribution in [3.63, 3.8) is 0 Å². The molecule has 0 saturated heterocycles. The van der Waals surface area contributed by atoms with Crippen molar-refractivity contribution >= 4 is 39.4 Å². The summed E-state index contributed by atoms with van der Waals surface area (Å²) in [5.74, 6) is -0.916. The normalized spacial score (nSPS) is 13.8. The lowest BCUT2D eigenvalue weighted by atomic mass is 10.2. The van der Waals surface area contributed by atoms with Gasteiger partial charge in [-0.15, -0.1) is 11.3 Å². The number of carboxylic acid groups (broad SMARTS) is 1. The van der Waals surface area contributed by atoms with Gasteiger partial charge in [0.05, 0.1) is 5.75 Å². The first kappa shape index (κ1) is 13.6. The third-order valence-corrected chi connectivity index (χ3v) is 5.67. The lowest BCUT2D eigenvalue weighted by Crippen LogP contribution is -2.07. The molecule has 2 heterocycles. The van der Waals surface area contributed by atoms with E-state index < -0.39 is 5.97 Å². The van der Waals surface area contributed by atoms with Gasteiger partial charge in [0.2, 0.25) is 5.43 Å². The monoisotopic (exact) mass is 310 g/mol. The summed E-state index contributed by atoms with van der Waals surface area (Å²) in [6.07, 6.45) is 2.86. The Kier molecular flexibility index (Phi) is 3.55. The van der Waals surface area contributed by atoms with Gasteiger partial charge in [0.1, 0.15) is 10.3 Å². The van der Waals surface area contributed by atoms with Crippen LogP contribution in [0.2, 0.25) is 0 Å². The molecule has 1 aliphatic rings. The third kappa shape index (κ3) is 2.14. The number of hydrogen-bond donors (Lipinski definition) is 1. The summed E-state index contributed by atoms with van der Waals surface area (Å²) in [5.41, 5.74) is 1.46. The van der Waals surface area contributed by atoms with Crippen molar-refractivity contribution in [1.82, 2.24) is 9.55 Å². The standard InChI is InChI=1S/C13H14N2O3S2/c1-2-15-12-10(14-13(15)19-6-9(16)17)11(18)7-4-3-5-8(7)20-12/h2-6H2,1H3,(H,16,17). The number of fused-ring (bicyclic) bond motifs is 2. The molecule has 106 valence electrons. The van der Waals surface area contributed by atoms with E-state index in [1.54, 1.807) is 11.3 Å². The van der Waals surface area contributed by atoms with Crippen molar-refractivity contribution in [1.29, 1.82) is 0 Å². The van der Waals surface area contributed by atoms with Crippen LogP contribution in [-0.2, 0) is 24.2 Å². The van der Waals surface area contributed by atoms with E-state index in [9.17, 15) is 9.59 Å². The van der Waals surface area contributed by atoms with Gasteiger partial charge in [0.25, 0.3) is 0 Å². The van der Waals surface area contributed by atoms with Gasteiger partial charge < -0.3 is 9.67 Å². The van der Waals surface area contributed by atoms with Crippen molar-refractivity contribution in [2.75, 3.05) is 5.75 Å². The van der Waals surface area contributed by atoms with Gasteiger partial charge in [-0.25, -0.2) is 4.98 Å². The molecule has 0 spiro atoms. The van der Waals surface area contributed by atoms with Crippen molar-refractivity contribution in [2.24, 2.45) is 0 Å². The average molecular weight is 310 g/mol. The number of aliphatic carboxylic acids is 1. The zero-order valence-corrected chi connectivity index (χ0v) is 12.6. The minimum atomic E-state index is -0.877. The van der Waals surface area contributed by atoms with Crippen molar-refractivity contribution in [3.8, 4) is 0 Å². The van der Waals surface area contributed by atoms with E-state index in [-0.39, 0.29) is 11.2 Å². The molecule has 2 aromatic heterocycles. The van der Waals surface area contributed by atoms with Crippen LogP contribution in [0.5, 0.6) is 0 Å². The minimum Gasteiger partial charge on any atom is -0.481 e. The highest BCUT2D eigenvalue weighted by Crippen LogP contribution is 2.31. The van der Waals surface area contributed by atoms with Crippen LogP contribution < -0.4 is 5.43 Å². The van der Waals surface area contributed by atoms with Gasteiger partial charge in [-0.1, -0.05) is 11.8 Å². The number of carbonyl (C=O) groups is 1. The summed E-state index contributed by atoms with van der Waals surface area (Å²) in [7, 11) is 0. The van der Waals surface area contributed by atoms with Crippen LogP contribution >= 0.6 is 23.1 Å². The lowest BCUT2D eigenvalue weighted by molar-refractivity contribution is -0.133. The van der Waals surface area contributed by atoms with E-state index in [4.69, 9.17) is 5.11 Å². The molecule has 20 heavy (non-hydrogen) atoms. The smallest absolute Gasteiger partial charge is 0.313 e. The quantitative estimate of drug-likeness (QED) is 0.876. The van der Waals surface area contributed by atoms with Gasteiger partial charge in [0, 0.05) is 17.0 Å². The predicted octanol–water partition coefficient (Wildman–Crippen LogP) is 2.14. The number of hydrogen-bond acceptors (Lipinski definition) is 5. The fourth-order valence-electron chi connectivity index (χ4n) is 2.51. The molecular weight excluding hydrogens is 296 g/mol. The zero-order chi connectivity index (χ0) is 14.3. The number of aryl methyl sites for hydroxylation is 2. The first-order chi connectivity index (χ1) is 9.61. The van der Waals surface area contributed by atoms with Gasteiger partial charge in [-0.2, -0.15) is 0 Å². The van der Waals surface area contributed by atoms with E-state index in [1.807, 2.05) is 11.5 Å². The maximum atomic E-state index is 12.4. The summed E-state index contributed by atoms with van der Waals surface area (Å²) in [5, 5.41) is 9.41. The molecule has 0 aromatic carbocycles. The maximum Gasteiger partial charge on any atom is 0.313 e. The van der Waals surface area contributed by atoms with Crippen LogP contribution in [-0.4, -0.2) is 26.4 Å². The molecule has 0 unspecified atom stereocenters. The second-order valence-corrected chi connectivity index (χ2v) is 6.69. The molecule has 1 aliphatic carbocycles. The summed E-state index contributed by atoms with van der Waals surface area (Å²) < 4.78 is 1.95. The highest BCUT2D eigenvalue weighted by molar-refractivity contribution is 7.99. The molecule has 0 saturated carbocycles. The number of imidazole rings is 1. The second-order valence-electron chi connectivity index (χ2n) is 4.66. The maximum absolute atomic E-state index is 12.4. The molecule has 0 bridgehead atoms. The lowest BCUT2D eigenvalue weighted by Gasteiger charge is -2.04. The molecule has 3 rings (SSSR count). The SMILES string of the molecule is CCn1c(SCC(=O)O)nc2c(=O)c3c(sc21)CCC3. The van der Waals surface area contributed by atoms with E-state index in [2.05, 4.69) is 4.98 Å².